The van der Waals surface area contributed by atoms with E-state index in [4.69, 9.17) is 0 Å². The van der Waals surface area contributed by atoms with Crippen LogP contribution in [-0.2, 0) is 17.1 Å². The molecule has 2 aromatic carbocycles. The highest BCUT2D eigenvalue weighted by Gasteiger charge is 2.27. The Morgan fingerprint density at radius 2 is 1.66 bits per heavy atom. The summed E-state index contributed by atoms with van der Waals surface area (Å²) in [5, 5.41) is 3.43. The first kappa shape index (κ1) is 22.2. The van der Waals surface area contributed by atoms with Gasteiger partial charge in [-0.3, -0.25) is 9.59 Å². The average molecular weight is 454 g/mol. The number of hydrogen-bond donors (Lipinski definition) is 1. The van der Waals surface area contributed by atoms with Crippen LogP contribution in [0.3, 0.4) is 0 Å². The largest absolute Gasteiger partial charge is 0.322 e. The van der Waals surface area contributed by atoms with Gasteiger partial charge < -0.3 is 9.88 Å². The number of aromatic nitrogens is 1. The van der Waals surface area contributed by atoms with Crippen LogP contribution >= 0.6 is 0 Å². The summed E-state index contributed by atoms with van der Waals surface area (Å²) in [4.78, 5) is 25.6. The number of para-hydroxylation sites is 1. The minimum Gasteiger partial charge on any atom is -0.322 e. The van der Waals surface area contributed by atoms with Gasteiger partial charge in [0.2, 0.25) is 10.0 Å². The first-order valence-electron chi connectivity index (χ1n) is 10.8. The Bertz CT molecular complexity index is 1340. The van der Waals surface area contributed by atoms with Gasteiger partial charge in [0.25, 0.3) is 11.5 Å². The van der Waals surface area contributed by atoms with Gasteiger partial charge in [-0.1, -0.05) is 37.1 Å². The number of carbonyl (C=O) groups excluding carboxylic acids is 1. The van der Waals surface area contributed by atoms with Crippen LogP contribution in [0.2, 0.25) is 0 Å². The van der Waals surface area contributed by atoms with E-state index >= 15 is 0 Å². The van der Waals surface area contributed by atoms with Crippen molar-refractivity contribution < 1.29 is 13.2 Å². The summed E-state index contributed by atoms with van der Waals surface area (Å²) in [5.74, 6) is -0.458. The van der Waals surface area contributed by atoms with E-state index in [1.165, 1.54) is 16.7 Å². The SMILES string of the molecule is Cc1ccc(NC(=O)c2cc(=O)n(C)c3ccccc23)cc1S(=O)(=O)N1CCCCCC1. The Labute approximate surface area is 187 Å². The zero-order valence-electron chi connectivity index (χ0n) is 18.3. The van der Waals surface area contributed by atoms with E-state index in [-0.39, 0.29) is 16.0 Å². The van der Waals surface area contributed by atoms with Gasteiger partial charge >= 0.3 is 0 Å². The topological polar surface area (TPSA) is 88.5 Å². The summed E-state index contributed by atoms with van der Waals surface area (Å²) in [6.07, 6.45) is 3.77. The van der Waals surface area contributed by atoms with Gasteiger partial charge in [0.05, 0.1) is 16.0 Å². The molecule has 0 spiro atoms. The Morgan fingerprint density at radius 3 is 2.38 bits per heavy atom. The molecule has 7 nitrogen and oxygen atoms in total. The summed E-state index contributed by atoms with van der Waals surface area (Å²) in [6.45, 7) is 2.78. The Balaban J connectivity index is 1.68. The van der Waals surface area contributed by atoms with Crippen molar-refractivity contribution in [1.29, 1.82) is 0 Å². The lowest BCUT2D eigenvalue weighted by Gasteiger charge is -2.21. The van der Waals surface area contributed by atoms with Crippen LogP contribution in [0.25, 0.3) is 10.9 Å². The number of sulfonamides is 1. The highest BCUT2D eigenvalue weighted by Crippen LogP contribution is 2.26. The van der Waals surface area contributed by atoms with Gasteiger partial charge in [-0.05, 0) is 43.5 Å². The molecular weight excluding hydrogens is 426 g/mol. The number of carbonyl (C=O) groups is 1. The van der Waals surface area contributed by atoms with Gasteiger partial charge in [-0.15, -0.1) is 0 Å². The lowest BCUT2D eigenvalue weighted by molar-refractivity contribution is 0.102. The van der Waals surface area contributed by atoms with Crippen molar-refractivity contribution in [3.05, 3.63) is 70.0 Å². The van der Waals surface area contributed by atoms with Crippen molar-refractivity contribution in [2.45, 2.75) is 37.5 Å². The number of anilines is 1. The quantitative estimate of drug-likeness (QED) is 0.653. The molecule has 4 rings (SSSR count). The molecule has 0 radical (unpaired) electrons. The smallest absolute Gasteiger partial charge is 0.256 e. The third-order valence-corrected chi connectivity index (χ3v) is 8.07. The predicted octanol–water partition coefficient (Wildman–Crippen LogP) is 3.66. The number of pyridine rings is 1. The van der Waals surface area contributed by atoms with Crippen molar-refractivity contribution >= 4 is 32.5 Å². The van der Waals surface area contributed by atoms with Gasteiger partial charge in [0.1, 0.15) is 0 Å². The molecular formula is C24H27N3O4S. The number of nitrogens with one attached hydrogen (secondary N) is 1. The molecule has 0 saturated carbocycles. The second-order valence-electron chi connectivity index (χ2n) is 8.23. The van der Waals surface area contributed by atoms with Crippen molar-refractivity contribution in [3.63, 3.8) is 0 Å². The number of fused-ring (bicyclic) bond motifs is 1. The summed E-state index contributed by atoms with van der Waals surface area (Å²) >= 11 is 0. The summed E-state index contributed by atoms with van der Waals surface area (Å²) < 4.78 is 29.6. The van der Waals surface area contributed by atoms with Gasteiger partial charge in [0, 0.05) is 37.3 Å². The average Bonchev–Trinajstić information content (AvgIpc) is 3.07. The molecule has 32 heavy (non-hydrogen) atoms. The van der Waals surface area contributed by atoms with Crippen LogP contribution in [0.15, 0.2) is 58.2 Å². The fourth-order valence-electron chi connectivity index (χ4n) is 4.17. The second-order valence-corrected chi connectivity index (χ2v) is 10.1. The molecule has 1 fully saturated rings. The molecule has 8 heteroatoms. The maximum atomic E-state index is 13.3. The van der Waals surface area contributed by atoms with Gasteiger partial charge in [-0.2, -0.15) is 4.31 Å². The molecule has 0 unspecified atom stereocenters. The highest BCUT2D eigenvalue weighted by atomic mass is 32.2. The van der Waals surface area contributed by atoms with E-state index in [1.807, 2.05) is 6.07 Å². The Morgan fingerprint density at radius 1 is 0.969 bits per heavy atom. The van der Waals surface area contributed by atoms with Crippen molar-refractivity contribution in [3.8, 4) is 0 Å². The molecule has 0 atom stereocenters. The molecule has 1 aliphatic rings. The fraction of sp³-hybridized carbons (Fsp3) is 0.333. The Kier molecular flexibility index (Phi) is 6.17. The third-order valence-electron chi connectivity index (χ3n) is 6.03. The molecule has 1 aromatic heterocycles. The van der Waals surface area contributed by atoms with Crippen LogP contribution in [-0.4, -0.2) is 36.3 Å². The lowest BCUT2D eigenvalue weighted by atomic mass is 10.1. The minimum absolute atomic E-state index is 0.200. The van der Waals surface area contributed by atoms with Crippen LogP contribution in [0.1, 0.15) is 41.6 Å². The molecule has 2 heterocycles. The normalized spacial score (nSPS) is 15.4. The van der Waals surface area contributed by atoms with E-state index < -0.39 is 15.9 Å². The van der Waals surface area contributed by atoms with Gasteiger partial charge in [-0.25, -0.2) is 8.42 Å². The number of hydrogen-bond acceptors (Lipinski definition) is 4. The molecule has 1 saturated heterocycles. The fourth-order valence-corrected chi connectivity index (χ4v) is 5.94. The number of benzene rings is 2. The van der Waals surface area contributed by atoms with E-state index in [0.29, 0.717) is 35.2 Å². The van der Waals surface area contributed by atoms with E-state index in [2.05, 4.69) is 5.32 Å². The summed E-state index contributed by atoms with van der Waals surface area (Å²) in [5.41, 5.74) is 1.62. The second kappa shape index (κ2) is 8.88. The number of aryl methyl sites for hydroxylation is 2. The monoisotopic (exact) mass is 453 g/mol. The minimum atomic E-state index is -3.66. The summed E-state index contributed by atoms with van der Waals surface area (Å²) in [7, 11) is -2.00. The van der Waals surface area contributed by atoms with Crippen molar-refractivity contribution in [2.24, 2.45) is 7.05 Å². The predicted molar refractivity (Wildman–Crippen MR) is 126 cm³/mol. The van der Waals surface area contributed by atoms with E-state index in [1.54, 1.807) is 48.6 Å². The van der Waals surface area contributed by atoms with Gasteiger partial charge in [0.15, 0.2) is 0 Å². The third kappa shape index (κ3) is 4.20. The Hall–Kier alpha value is -2.97. The maximum Gasteiger partial charge on any atom is 0.256 e. The molecule has 1 N–H and O–H groups in total. The van der Waals surface area contributed by atoms with E-state index in [0.717, 1.165) is 25.7 Å². The number of nitrogens with zero attached hydrogens (tertiary/aromatic N) is 2. The van der Waals surface area contributed by atoms with Crippen LogP contribution in [0.5, 0.6) is 0 Å². The van der Waals surface area contributed by atoms with Crippen LogP contribution in [0, 0.1) is 6.92 Å². The molecule has 1 amide bonds. The van der Waals surface area contributed by atoms with Crippen LogP contribution < -0.4 is 10.9 Å². The molecule has 1 aliphatic heterocycles. The maximum absolute atomic E-state index is 13.3. The van der Waals surface area contributed by atoms with Crippen LogP contribution in [0.4, 0.5) is 5.69 Å². The zero-order chi connectivity index (χ0) is 22.9. The van der Waals surface area contributed by atoms with Crippen molar-refractivity contribution in [2.75, 3.05) is 18.4 Å². The first-order chi connectivity index (χ1) is 15.3. The summed E-state index contributed by atoms with van der Waals surface area (Å²) in [6, 6.07) is 13.4. The molecule has 0 bridgehead atoms. The molecule has 0 aliphatic carbocycles. The molecule has 168 valence electrons. The number of rotatable bonds is 4. The van der Waals surface area contributed by atoms with Crippen molar-refractivity contribution in [1.82, 2.24) is 8.87 Å². The zero-order valence-corrected chi connectivity index (χ0v) is 19.1. The highest BCUT2D eigenvalue weighted by molar-refractivity contribution is 7.89. The first-order valence-corrected chi connectivity index (χ1v) is 12.2. The lowest BCUT2D eigenvalue weighted by Crippen LogP contribution is -2.32. The van der Waals surface area contributed by atoms with E-state index in [9.17, 15) is 18.0 Å². The molecule has 3 aromatic rings. The standard InChI is InChI=1S/C24H27N3O4S/c1-17-11-12-18(15-22(17)32(30,31)27-13-7-3-4-8-14-27)25-24(29)20-16-23(28)26(2)21-10-6-5-9-19(20)21/h5-6,9-12,15-16H,3-4,7-8,13-14H2,1-2H3,(H,25,29). The number of amides is 1.